The van der Waals surface area contributed by atoms with Crippen molar-refractivity contribution in [3.8, 4) is 5.88 Å². The molecule has 2 rings (SSSR count). The van der Waals surface area contributed by atoms with Gasteiger partial charge in [0, 0.05) is 44.6 Å². The number of amides is 1. The van der Waals surface area contributed by atoms with Crippen molar-refractivity contribution in [2.24, 2.45) is 0 Å². The average Bonchev–Trinajstić information content (AvgIpc) is 2.48. The van der Waals surface area contributed by atoms with E-state index in [1.54, 1.807) is 24.4 Å². The highest BCUT2D eigenvalue weighted by Crippen LogP contribution is 2.19. The molecule has 0 radical (unpaired) electrons. The smallest absolute Gasteiger partial charge is 0.410 e. The van der Waals surface area contributed by atoms with E-state index >= 15 is 0 Å². The maximum absolute atomic E-state index is 12.2. The van der Waals surface area contributed by atoms with Gasteiger partial charge in [-0.05, 0) is 27.7 Å². The van der Waals surface area contributed by atoms with Crippen molar-refractivity contribution in [3.63, 3.8) is 0 Å². The molecule has 0 spiro atoms. The molecule has 1 unspecified atom stereocenters. The lowest BCUT2D eigenvalue weighted by Gasteiger charge is -2.40. The van der Waals surface area contributed by atoms with E-state index in [4.69, 9.17) is 9.47 Å². The Morgan fingerprint density at radius 2 is 2.00 bits per heavy atom. The highest BCUT2D eigenvalue weighted by molar-refractivity contribution is 5.68. The van der Waals surface area contributed by atoms with E-state index in [0.717, 1.165) is 12.2 Å². The topological polar surface area (TPSA) is 67.8 Å². The molecule has 0 aliphatic carbocycles. The van der Waals surface area contributed by atoms with Crippen LogP contribution in [0.3, 0.4) is 0 Å². The van der Waals surface area contributed by atoms with Crippen LogP contribution in [0.15, 0.2) is 12.4 Å². The normalized spacial score (nSPS) is 19.5. The first-order valence-electron chi connectivity index (χ1n) is 7.86. The molecule has 1 amide bonds. The fourth-order valence-corrected chi connectivity index (χ4v) is 2.55. The third kappa shape index (κ3) is 4.79. The second-order valence-corrected chi connectivity index (χ2v) is 6.76. The van der Waals surface area contributed by atoms with E-state index < -0.39 is 5.60 Å². The molecule has 7 nitrogen and oxygen atoms in total. The van der Waals surface area contributed by atoms with Crippen LogP contribution in [-0.4, -0.2) is 64.2 Å². The molecule has 0 aromatic carbocycles. The maximum atomic E-state index is 12.2. The molecule has 1 aliphatic rings. The molecule has 1 saturated heterocycles. The molecule has 0 N–H and O–H groups in total. The number of methoxy groups -OCH3 is 1. The number of ether oxygens (including phenoxy) is 2. The van der Waals surface area contributed by atoms with Gasteiger partial charge >= 0.3 is 6.09 Å². The second kappa shape index (κ2) is 7.12. The lowest BCUT2D eigenvalue weighted by molar-refractivity contribution is 0.00431. The number of carbonyl (C=O) groups is 1. The predicted molar refractivity (Wildman–Crippen MR) is 86.3 cm³/mol. The number of hydrogen-bond acceptors (Lipinski definition) is 6. The zero-order valence-corrected chi connectivity index (χ0v) is 14.6. The largest absolute Gasteiger partial charge is 0.480 e. The first-order valence-corrected chi connectivity index (χ1v) is 7.86. The molecule has 1 atom stereocenters. The summed E-state index contributed by atoms with van der Waals surface area (Å²) in [5, 5.41) is 0. The summed E-state index contributed by atoms with van der Waals surface area (Å²) < 4.78 is 10.7. The summed E-state index contributed by atoms with van der Waals surface area (Å²) in [5.41, 5.74) is 0.345. The Bertz CT molecular complexity index is 544. The molecular formula is C16H26N4O3. The standard InChI is InChI=1S/C16H26N4O3/c1-12-10-20(15(21)23-16(2,3)4)9-8-19(12)11-13-14(22-5)18-7-6-17-13/h6-7,12H,8-11H2,1-5H3. The summed E-state index contributed by atoms with van der Waals surface area (Å²) in [4.78, 5) is 24.7. The Hall–Kier alpha value is -1.89. The van der Waals surface area contributed by atoms with Crippen molar-refractivity contribution in [1.82, 2.24) is 19.8 Å². The monoisotopic (exact) mass is 322 g/mol. The van der Waals surface area contributed by atoms with Gasteiger partial charge in [0.2, 0.25) is 5.88 Å². The lowest BCUT2D eigenvalue weighted by Crippen LogP contribution is -2.54. The minimum absolute atomic E-state index is 0.211. The minimum Gasteiger partial charge on any atom is -0.480 e. The Labute approximate surface area is 137 Å². The molecule has 7 heteroatoms. The van der Waals surface area contributed by atoms with Crippen molar-refractivity contribution >= 4 is 6.09 Å². The van der Waals surface area contributed by atoms with Crippen LogP contribution in [-0.2, 0) is 11.3 Å². The van der Waals surface area contributed by atoms with Gasteiger partial charge in [0.25, 0.3) is 0 Å². The minimum atomic E-state index is -0.468. The van der Waals surface area contributed by atoms with Crippen LogP contribution in [0.25, 0.3) is 0 Å². The van der Waals surface area contributed by atoms with Gasteiger partial charge in [-0.1, -0.05) is 0 Å². The van der Waals surface area contributed by atoms with Crippen LogP contribution in [0.1, 0.15) is 33.4 Å². The summed E-state index contributed by atoms with van der Waals surface area (Å²) in [5.74, 6) is 0.550. The van der Waals surface area contributed by atoms with E-state index in [9.17, 15) is 4.79 Å². The fraction of sp³-hybridized carbons (Fsp3) is 0.688. The molecule has 1 fully saturated rings. The number of rotatable bonds is 3. The number of aromatic nitrogens is 2. The zero-order chi connectivity index (χ0) is 17.0. The molecular weight excluding hydrogens is 296 g/mol. The van der Waals surface area contributed by atoms with E-state index in [2.05, 4.69) is 21.8 Å². The summed E-state index contributed by atoms with van der Waals surface area (Å²) in [6, 6.07) is 0.211. The molecule has 0 bridgehead atoms. The van der Waals surface area contributed by atoms with Crippen molar-refractivity contribution in [2.45, 2.75) is 45.9 Å². The Morgan fingerprint density at radius 3 is 2.61 bits per heavy atom. The van der Waals surface area contributed by atoms with Gasteiger partial charge in [0.05, 0.1) is 7.11 Å². The zero-order valence-electron chi connectivity index (χ0n) is 14.6. The van der Waals surface area contributed by atoms with Gasteiger partial charge in [-0.3, -0.25) is 9.88 Å². The van der Waals surface area contributed by atoms with Gasteiger partial charge < -0.3 is 14.4 Å². The average molecular weight is 322 g/mol. The molecule has 128 valence electrons. The van der Waals surface area contributed by atoms with Crippen LogP contribution in [0.2, 0.25) is 0 Å². The van der Waals surface area contributed by atoms with E-state index in [0.29, 0.717) is 25.5 Å². The predicted octanol–water partition coefficient (Wildman–Crippen LogP) is 1.93. The SMILES string of the molecule is COc1nccnc1CN1CCN(C(=O)OC(C)(C)C)CC1C. The van der Waals surface area contributed by atoms with Gasteiger partial charge in [-0.25, -0.2) is 9.78 Å². The summed E-state index contributed by atoms with van der Waals surface area (Å²) >= 11 is 0. The quantitative estimate of drug-likeness (QED) is 0.847. The van der Waals surface area contributed by atoms with Crippen LogP contribution >= 0.6 is 0 Å². The van der Waals surface area contributed by atoms with E-state index in [-0.39, 0.29) is 12.1 Å². The summed E-state index contributed by atoms with van der Waals surface area (Å²) in [7, 11) is 1.59. The van der Waals surface area contributed by atoms with Crippen molar-refractivity contribution in [2.75, 3.05) is 26.7 Å². The van der Waals surface area contributed by atoms with Crippen molar-refractivity contribution in [3.05, 3.63) is 18.1 Å². The molecule has 0 saturated carbocycles. The van der Waals surface area contributed by atoms with Gasteiger partial charge in [-0.15, -0.1) is 0 Å². The fourth-order valence-electron chi connectivity index (χ4n) is 2.55. The third-order valence-electron chi connectivity index (χ3n) is 3.70. The van der Waals surface area contributed by atoms with Crippen LogP contribution in [0.5, 0.6) is 5.88 Å². The van der Waals surface area contributed by atoms with Crippen LogP contribution in [0.4, 0.5) is 4.79 Å². The summed E-state index contributed by atoms with van der Waals surface area (Å²) in [6.07, 6.45) is 3.03. The van der Waals surface area contributed by atoms with Gasteiger partial charge in [0.1, 0.15) is 11.3 Å². The maximum Gasteiger partial charge on any atom is 0.410 e. The highest BCUT2D eigenvalue weighted by atomic mass is 16.6. The first-order chi connectivity index (χ1) is 10.8. The number of carbonyl (C=O) groups excluding carboxylic acids is 1. The molecule has 2 heterocycles. The Kier molecular flexibility index (Phi) is 5.41. The number of piperazine rings is 1. The lowest BCUT2D eigenvalue weighted by atomic mass is 10.2. The van der Waals surface area contributed by atoms with Crippen LogP contribution in [0, 0.1) is 0 Å². The van der Waals surface area contributed by atoms with E-state index in [1.165, 1.54) is 0 Å². The second-order valence-electron chi connectivity index (χ2n) is 6.76. The molecule has 1 aliphatic heterocycles. The molecule has 1 aromatic rings. The van der Waals surface area contributed by atoms with E-state index in [1.807, 2.05) is 20.8 Å². The van der Waals surface area contributed by atoms with Gasteiger partial charge in [-0.2, -0.15) is 0 Å². The number of nitrogens with zero attached hydrogens (tertiary/aromatic N) is 4. The first kappa shape index (κ1) is 17.5. The van der Waals surface area contributed by atoms with Gasteiger partial charge in [0.15, 0.2) is 0 Å². The highest BCUT2D eigenvalue weighted by Gasteiger charge is 2.30. The molecule has 1 aromatic heterocycles. The van der Waals surface area contributed by atoms with Crippen molar-refractivity contribution < 1.29 is 14.3 Å². The Balaban J connectivity index is 1.95. The third-order valence-corrected chi connectivity index (χ3v) is 3.70. The molecule has 23 heavy (non-hydrogen) atoms. The van der Waals surface area contributed by atoms with Crippen molar-refractivity contribution in [1.29, 1.82) is 0 Å². The summed E-state index contributed by atoms with van der Waals surface area (Å²) in [6.45, 7) is 10.4. The van der Waals surface area contributed by atoms with Crippen LogP contribution < -0.4 is 4.74 Å². The number of hydrogen-bond donors (Lipinski definition) is 0. The Morgan fingerprint density at radius 1 is 1.30 bits per heavy atom.